The van der Waals surface area contributed by atoms with E-state index in [4.69, 9.17) is 0 Å². The Labute approximate surface area is 299 Å². The maximum absolute atomic E-state index is 3.58. The van der Waals surface area contributed by atoms with Crippen LogP contribution in [0.5, 0.6) is 0 Å². The Bertz CT molecular complexity index is 1190. The van der Waals surface area contributed by atoms with Gasteiger partial charge in [-0.3, -0.25) is 0 Å². The minimum absolute atomic E-state index is 0. The largest absolute Gasteiger partial charge is 1.00 e. The molecule has 0 unspecified atom stereocenters. The molecule has 0 nitrogen and oxygen atoms in total. The molecule has 3 rings (SSSR count). The molecular weight excluding hydrogens is 678 g/mol. The summed E-state index contributed by atoms with van der Waals surface area (Å²) in [5.74, 6) is 2.86. The first-order valence-electron chi connectivity index (χ1n) is 17.6. The van der Waals surface area contributed by atoms with E-state index in [1.807, 2.05) is 0 Å². The molecular formula is C42H65CuPSe+. The van der Waals surface area contributed by atoms with Crippen LogP contribution in [0.3, 0.4) is 0 Å². The molecule has 3 heteroatoms. The fraction of sp³-hybridized carbons (Fsp3) is 0.571. The van der Waals surface area contributed by atoms with Gasteiger partial charge in [-0.15, -0.1) is 0 Å². The van der Waals surface area contributed by atoms with E-state index in [0.29, 0.717) is 35.5 Å². The van der Waals surface area contributed by atoms with Crippen molar-refractivity contribution in [1.29, 1.82) is 0 Å². The summed E-state index contributed by atoms with van der Waals surface area (Å²) in [6, 6.07) is 16.8. The minimum atomic E-state index is 0. The first kappa shape index (κ1) is 42.2. The van der Waals surface area contributed by atoms with Gasteiger partial charge in [0.15, 0.2) is 0 Å². The average Bonchev–Trinajstić information content (AvgIpc) is 2.97. The van der Waals surface area contributed by atoms with E-state index in [1.54, 1.807) is 0 Å². The van der Waals surface area contributed by atoms with Crippen LogP contribution in [0.1, 0.15) is 173 Å². The van der Waals surface area contributed by atoms with Crippen LogP contribution in [0.25, 0.3) is 22.3 Å². The summed E-state index contributed by atoms with van der Waals surface area (Å²) in [5, 5.41) is 0. The molecule has 3 aromatic carbocycles. The van der Waals surface area contributed by atoms with Gasteiger partial charge in [0.25, 0.3) is 0 Å². The first-order valence-corrected chi connectivity index (χ1v) is 20.6. The van der Waals surface area contributed by atoms with E-state index in [0.717, 1.165) is 0 Å². The Balaban J connectivity index is 0.00000113. The summed E-state index contributed by atoms with van der Waals surface area (Å²) in [6.45, 7) is 34.9. The fourth-order valence-electron chi connectivity index (χ4n) is 6.21. The summed E-state index contributed by atoms with van der Waals surface area (Å²) < 4.78 is 1.28. The quantitative estimate of drug-likeness (QED) is 0.136. The molecule has 0 spiro atoms. The zero-order chi connectivity index (χ0) is 33.5. The first-order chi connectivity index (χ1) is 20.6. The van der Waals surface area contributed by atoms with Crippen LogP contribution >= 0.6 is 7.92 Å². The maximum atomic E-state index is 3.58. The van der Waals surface area contributed by atoms with Crippen molar-refractivity contribution in [1.82, 2.24) is 0 Å². The third-order valence-corrected chi connectivity index (χ3v) is 13.2. The predicted molar refractivity (Wildman–Crippen MR) is 207 cm³/mol. The monoisotopic (exact) mass is 743 g/mol. The maximum Gasteiger partial charge on any atom is 1.00 e. The smallest absolute Gasteiger partial charge is 0.0313 e. The number of hydrogen-bond donors (Lipinski definition) is 0. The van der Waals surface area contributed by atoms with Crippen LogP contribution in [-0.4, -0.2) is 34.5 Å². The van der Waals surface area contributed by atoms with Gasteiger partial charge in [0.1, 0.15) is 0 Å². The van der Waals surface area contributed by atoms with E-state index in [2.05, 4.69) is 162 Å². The summed E-state index contributed by atoms with van der Waals surface area (Å²) >= 11 is 3.58. The molecule has 0 radical (unpaired) electrons. The van der Waals surface area contributed by atoms with Crippen LogP contribution in [0.2, 0.25) is 0 Å². The molecule has 0 aliphatic heterocycles. The zero-order valence-electron chi connectivity index (χ0n) is 31.3. The predicted octanol–water partition coefficient (Wildman–Crippen LogP) is 12.8. The van der Waals surface area contributed by atoms with E-state index < -0.39 is 0 Å². The summed E-state index contributed by atoms with van der Waals surface area (Å²) in [6.07, 6.45) is 4.37. The van der Waals surface area contributed by atoms with Gasteiger partial charge < -0.3 is 0 Å². The van der Waals surface area contributed by atoms with Crippen LogP contribution in [0.4, 0.5) is 0 Å². The molecule has 0 saturated carbocycles. The van der Waals surface area contributed by atoms with Gasteiger partial charge in [0, 0.05) is 0 Å². The molecule has 0 bridgehead atoms. The van der Waals surface area contributed by atoms with E-state index in [-0.39, 0.29) is 25.0 Å². The zero-order valence-corrected chi connectivity index (χ0v) is 35.0. The molecule has 3 aromatic rings. The van der Waals surface area contributed by atoms with Gasteiger partial charge in [0.05, 0.1) is 18.5 Å². The van der Waals surface area contributed by atoms with Gasteiger partial charge in [-0.1, -0.05) is 0 Å². The van der Waals surface area contributed by atoms with Gasteiger partial charge in [0.2, 0.25) is 0 Å². The minimum Gasteiger partial charge on any atom is -0.0313 e. The molecule has 0 aliphatic carbocycles. The topological polar surface area (TPSA) is 0 Å². The normalized spacial score (nSPS) is 11.7. The van der Waals surface area contributed by atoms with Crippen molar-refractivity contribution in [2.24, 2.45) is 0 Å². The molecule has 0 N–H and O–H groups in total. The van der Waals surface area contributed by atoms with Crippen molar-refractivity contribution in [3.8, 4) is 22.3 Å². The van der Waals surface area contributed by atoms with Crippen molar-refractivity contribution in [2.45, 2.75) is 139 Å². The van der Waals surface area contributed by atoms with Crippen LogP contribution in [0, 0.1) is 0 Å². The number of hydrogen-bond acceptors (Lipinski definition) is 0. The van der Waals surface area contributed by atoms with Gasteiger partial charge >= 0.3 is 254 Å². The Morgan fingerprint density at radius 1 is 0.489 bits per heavy atom. The van der Waals surface area contributed by atoms with E-state index >= 15 is 0 Å². The van der Waals surface area contributed by atoms with Gasteiger partial charge in [-0.25, -0.2) is 0 Å². The second kappa shape index (κ2) is 19.2. The molecule has 0 aliphatic rings. The third kappa shape index (κ3) is 10.6. The summed E-state index contributed by atoms with van der Waals surface area (Å²) in [4.78, 5) is 0. The fourth-order valence-corrected chi connectivity index (χ4v) is 8.43. The van der Waals surface area contributed by atoms with Gasteiger partial charge in [-0.05, 0) is 28.7 Å². The van der Waals surface area contributed by atoms with Crippen molar-refractivity contribution in [2.75, 3.05) is 18.5 Å². The van der Waals surface area contributed by atoms with Crippen molar-refractivity contribution in [3.63, 3.8) is 0 Å². The SMILES string of the molecule is CC(C)c1cc(C(C)C)c(-c2cccc(-c3c(C(C)C)cc(C(C)C)cc3C(C)C)c2[Se-])c(C(C)C)c1.CC[PH+](CC)CC.[Cu+]. The molecule has 0 atom stereocenters. The molecule has 254 valence electrons. The Morgan fingerprint density at radius 2 is 0.756 bits per heavy atom. The summed E-state index contributed by atoms with van der Waals surface area (Å²) in [5.41, 5.74) is 14.3. The van der Waals surface area contributed by atoms with Crippen molar-refractivity contribution >= 4 is 28.4 Å². The van der Waals surface area contributed by atoms with Crippen molar-refractivity contribution < 1.29 is 17.1 Å². The van der Waals surface area contributed by atoms with Crippen LogP contribution in [-0.2, 0) is 17.1 Å². The summed E-state index contributed by atoms with van der Waals surface area (Å²) in [7, 11) is 0.137. The molecule has 0 heterocycles. The van der Waals surface area contributed by atoms with E-state index in [9.17, 15) is 0 Å². The number of rotatable bonds is 11. The van der Waals surface area contributed by atoms with Crippen molar-refractivity contribution in [3.05, 3.63) is 75.8 Å². The Morgan fingerprint density at radius 3 is 0.933 bits per heavy atom. The third-order valence-electron chi connectivity index (χ3n) is 9.32. The second-order valence-corrected chi connectivity index (χ2v) is 19.0. The molecule has 0 amide bonds. The van der Waals surface area contributed by atoms with Crippen LogP contribution in [0.15, 0.2) is 42.5 Å². The number of benzene rings is 3. The standard InChI is InChI=1S/C36H50Se.C6H15P.Cu/c1-20(2)26-16-30(22(5)6)34(31(17-26)23(7)8)28-14-13-15-29(36(28)37)35-32(24(9)10)18-27(21(3)4)19-33(35)25(11)12;1-4-7(5-2)6-3;/h13-25,37H,1-12H3;4-6H2,1-3H3;/q;;+1. The Kier molecular flexibility index (Phi) is 18.0. The molecule has 0 saturated heterocycles. The van der Waals surface area contributed by atoms with E-state index in [1.165, 1.54) is 78.6 Å². The molecule has 45 heavy (non-hydrogen) atoms. The molecule has 0 aromatic heterocycles. The molecule has 0 fully saturated rings. The Hall–Kier alpha value is -0.871. The second-order valence-electron chi connectivity index (χ2n) is 14.6. The van der Waals surface area contributed by atoms with Crippen LogP contribution < -0.4 is 4.46 Å². The average molecular weight is 743 g/mol. The van der Waals surface area contributed by atoms with Gasteiger partial charge in [-0.2, -0.15) is 0 Å².